The average molecular weight is 598 g/mol. The Morgan fingerprint density at radius 2 is 1.93 bits per heavy atom. The Kier molecular flexibility index (Phi) is 8.14. The number of fused-ring (bicyclic) bond motifs is 2. The van der Waals surface area contributed by atoms with E-state index in [1.54, 1.807) is 20.3 Å². The van der Waals surface area contributed by atoms with E-state index >= 15 is 0 Å². The highest BCUT2D eigenvalue weighted by Gasteiger charge is 2.43. The van der Waals surface area contributed by atoms with Gasteiger partial charge in [0.1, 0.15) is 23.3 Å². The van der Waals surface area contributed by atoms with Crippen molar-refractivity contribution in [3.05, 3.63) is 63.6 Å². The Labute approximate surface area is 247 Å². The van der Waals surface area contributed by atoms with Crippen molar-refractivity contribution in [2.75, 3.05) is 32.2 Å². The zero-order chi connectivity index (χ0) is 28.7. The number of anilines is 1. The van der Waals surface area contributed by atoms with Crippen LogP contribution in [0.15, 0.2) is 34.9 Å². The summed E-state index contributed by atoms with van der Waals surface area (Å²) in [4.78, 5) is 17.9. The number of hydrogen-bond acceptors (Lipinski definition) is 8. The Bertz CT molecular complexity index is 1530. The summed E-state index contributed by atoms with van der Waals surface area (Å²) in [7, 11) is 3.25. The first-order valence-corrected chi connectivity index (χ1v) is 15.1. The van der Waals surface area contributed by atoms with Crippen LogP contribution in [0.3, 0.4) is 0 Å². The number of benzene rings is 2. The number of hydrogen-bond donors (Lipinski definition) is 0. The van der Waals surface area contributed by atoms with Gasteiger partial charge in [0.25, 0.3) is 0 Å². The van der Waals surface area contributed by atoms with Gasteiger partial charge in [0.2, 0.25) is 0 Å². The van der Waals surface area contributed by atoms with E-state index in [2.05, 4.69) is 19.8 Å². The zero-order valence-electron chi connectivity index (χ0n) is 23.4. The monoisotopic (exact) mass is 597 g/mol. The molecule has 2 unspecified atom stereocenters. The van der Waals surface area contributed by atoms with Crippen LogP contribution >= 0.6 is 22.9 Å². The first-order valence-electron chi connectivity index (χ1n) is 14.0. The minimum atomic E-state index is -0.439. The molecule has 0 amide bonds. The molecular weight excluding hydrogens is 565 g/mol. The molecule has 7 rings (SSSR count). The standard InChI is InChI=1S/C29H27ClFN3O3S.C2H6O/c1-15-3-2-4-22(30)25(15)26-21(28(37-33-26)17-5-6-17)14-36-20-9-18-11-34(12-19(18)10-20)29-32-27-23(31)7-16(13-35)8-24(27)38-29;1-3-2/h2-4,7-8,13,17-20H,5-6,9-12,14H2,1H3;1-2H3/t18-,19?,20?;/m0./s1. The molecule has 0 bridgehead atoms. The fourth-order valence-corrected chi connectivity index (χ4v) is 7.55. The van der Waals surface area contributed by atoms with Gasteiger partial charge in [0.05, 0.1) is 22.4 Å². The second-order valence-corrected chi connectivity index (χ2v) is 12.7. The molecule has 4 aromatic rings. The number of ether oxygens (including phenoxy) is 2. The summed E-state index contributed by atoms with van der Waals surface area (Å²) in [5, 5.41) is 5.95. The highest BCUT2D eigenvalue weighted by atomic mass is 35.5. The Morgan fingerprint density at radius 1 is 1.20 bits per heavy atom. The van der Waals surface area contributed by atoms with E-state index in [0.29, 0.717) is 51.4 Å². The number of rotatable bonds is 7. The van der Waals surface area contributed by atoms with Gasteiger partial charge < -0.3 is 18.9 Å². The number of aryl methyl sites for hydroxylation is 1. The van der Waals surface area contributed by atoms with Crippen LogP contribution < -0.4 is 4.90 Å². The van der Waals surface area contributed by atoms with Crippen LogP contribution in [0.25, 0.3) is 21.5 Å². The van der Waals surface area contributed by atoms with E-state index in [0.717, 1.165) is 72.0 Å². The predicted molar refractivity (Wildman–Crippen MR) is 159 cm³/mol. The van der Waals surface area contributed by atoms with Crippen LogP contribution in [0.2, 0.25) is 5.02 Å². The fraction of sp³-hybridized carbons (Fsp3) is 0.452. The average Bonchev–Trinajstić information content (AvgIpc) is 3.25. The second kappa shape index (κ2) is 11.8. The van der Waals surface area contributed by atoms with Gasteiger partial charge in [0, 0.05) is 49.9 Å². The fourth-order valence-electron chi connectivity index (χ4n) is 6.19. The zero-order valence-corrected chi connectivity index (χ0v) is 24.9. The molecule has 3 aliphatic rings. The molecule has 3 fully saturated rings. The summed E-state index contributed by atoms with van der Waals surface area (Å²) in [6.45, 7) is 4.29. The molecule has 1 saturated heterocycles. The quantitative estimate of drug-likeness (QED) is 0.205. The van der Waals surface area contributed by atoms with Crippen molar-refractivity contribution in [2.24, 2.45) is 11.8 Å². The molecule has 3 atom stereocenters. The van der Waals surface area contributed by atoms with Gasteiger partial charge in [0.15, 0.2) is 10.9 Å². The van der Waals surface area contributed by atoms with Crippen molar-refractivity contribution in [3.8, 4) is 11.3 Å². The summed E-state index contributed by atoms with van der Waals surface area (Å²) >= 11 is 8.03. The molecule has 2 aromatic carbocycles. The number of carbonyl (C=O) groups excluding carboxylic acids is 1. The summed E-state index contributed by atoms with van der Waals surface area (Å²) in [6, 6.07) is 8.86. The van der Waals surface area contributed by atoms with Crippen molar-refractivity contribution >= 4 is 44.6 Å². The second-order valence-electron chi connectivity index (χ2n) is 11.3. The normalized spacial score (nSPS) is 21.7. The first kappa shape index (κ1) is 28.3. The first-order chi connectivity index (χ1) is 19.9. The van der Waals surface area contributed by atoms with Gasteiger partial charge in [-0.2, -0.15) is 0 Å². The van der Waals surface area contributed by atoms with Crippen LogP contribution in [-0.2, 0) is 16.1 Å². The summed E-state index contributed by atoms with van der Waals surface area (Å²) in [5.74, 6) is 1.96. The Morgan fingerprint density at radius 3 is 2.59 bits per heavy atom. The van der Waals surface area contributed by atoms with Gasteiger partial charge in [-0.25, -0.2) is 9.37 Å². The molecule has 0 spiro atoms. The van der Waals surface area contributed by atoms with Crippen LogP contribution in [0.1, 0.15) is 58.8 Å². The summed E-state index contributed by atoms with van der Waals surface area (Å²) in [5.41, 5.74) is 4.53. The lowest BCUT2D eigenvalue weighted by atomic mass is 10.0. The maximum Gasteiger partial charge on any atom is 0.186 e. The number of aromatic nitrogens is 2. The lowest BCUT2D eigenvalue weighted by molar-refractivity contribution is 0.0403. The Balaban J connectivity index is 0.000000967. The molecule has 2 saturated carbocycles. The third kappa shape index (κ3) is 5.65. The van der Waals surface area contributed by atoms with Gasteiger partial charge in [-0.05, 0) is 68.2 Å². The molecule has 0 N–H and O–H groups in total. The molecular formula is C31H33ClFN3O4S. The van der Waals surface area contributed by atoms with Crippen molar-refractivity contribution in [1.82, 2.24) is 10.1 Å². The van der Waals surface area contributed by atoms with Gasteiger partial charge >= 0.3 is 0 Å². The van der Waals surface area contributed by atoms with Crippen molar-refractivity contribution in [3.63, 3.8) is 0 Å². The molecule has 2 aromatic heterocycles. The van der Waals surface area contributed by atoms with Crippen molar-refractivity contribution < 1.29 is 23.2 Å². The number of thiazole rings is 1. The number of aldehydes is 1. The van der Waals surface area contributed by atoms with E-state index < -0.39 is 5.82 Å². The third-order valence-corrected chi connectivity index (χ3v) is 9.64. The van der Waals surface area contributed by atoms with Crippen LogP contribution in [0.5, 0.6) is 0 Å². The van der Waals surface area contributed by atoms with Crippen LogP contribution in [0.4, 0.5) is 9.52 Å². The number of halogens is 2. The molecule has 3 heterocycles. The lowest BCUT2D eigenvalue weighted by Gasteiger charge is -2.19. The van der Waals surface area contributed by atoms with Gasteiger partial charge in [-0.15, -0.1) is 0 Å². The highest BCUT2D eigenvalue weighted by Crippen LogP contribution is 2.47. The van der Waals surface area contributed by atoms with Gasteiger partial charge in [-0.3, -0.25) is 4.79 Å². The topological polar surface area (TPSA) is 77.7 Å². The minimum absolute atomic E-state index is 0.178. The van der Waals surface area contributed by atoms with E-state index in [-0.39, 0.29) is 6.10 Å². The van der Waals surface area contributed by atoms with E-state index in [1.807, 2.05) is 25.1 Å². The number of nitrogens with zero attached hydrogens (tertiary/aromatic N) is 3. The smallest absolute Gasteiger partial charge is 0.186 e. The van der Waals surface area contributed by atoms with E-state index in [4.69, 9.17) is 20.9 Å². The molecule has 7 nitrogen and oxygen atoms in total. The highest BCUT2D eigenvalue weighted by molar-refractivity contribution is 7.22. The molecule has 2 aliphatic carbocycles. The summed E-state index contributed by atoms with van der Waals surface area (Å²) < 4.78 is 31.7. The number of carbonyl (C=O) groups is 1. The largest absolute Gasteiger partial charge is 0.388 e. The predicted octanol–water partition coefficient (Wildman–Crippen LogP) is 7.44. The SMILES string of the molecule is COC.Cc1cccc(Cl)c1-c1noc(C2CC2)c1COC1CC2CN(c3nc4c(F)cc(C=O)cc4s3)C[C@@H]2C1. The maximum atomic E-state index is 14.4. The van der Waals surface area contributed by atoms with Crippen LogP contribution in [-0.4, -0.2) is 49.8 Å². The third-order valence-electron chi connectivity index (χ3n) is 8.26. The van der Waals surface area contributed by atoms with Crippen molar-refractivity contribution in [2.45, 2.75) is 51.2 Å². The lowest BCUT2D eigenvalue weighted by Crippen LogP contribution is -2.23. The summed E-state index contributed by atoms with van der Waals surface area (Å²) in [6.07, 6.45) is 5.07. The van der Waals surface area contributed by atoms with E-state index in [1.165, 1.54) is 17.4 Å². The van der Waals surface area contributed by atoms with Gasteiger partial charge in [-0.1, -0.05) is 40.2 Å². The van der Waals surface area contributed by atoms with Crippen LogP contribution in [0, 0.1) is 24.6 Å². The number of methoxy groups -OCH3 is 1. The minimum Gasteiger partial charge on any atom is -0.388 e. The van der Waals surface area contributed by atoms with E-state index in [9.17, 15) is 9.18 Å². The molecule has 10 heteroatoms. The Hall–Kier alpha value is -2.85. The van der Waals surface area contributed by atoms with Crippen molar-refractivity contribution in [1.29, 1.82) is 0 Å². The molecule has 1 aliphatic heterocycles. The molecule has 216 valence electrons. The molecule has 41 heavy (non-hydrogen) atoms. The maximum absolute atomic E-state index is 14.4. The molecule has 0 radical (unpaired) electrons.